The van der Waals surface area contributed by atoms with Crippen molar-refractivity contribution in [3.63, 3.8) is 0 Å². The number of allylic oxidation sites excluding steroid dienone is 1. The van der Waals surface area contributed by atoms with E-state index in [4.69, 9.17) is 0 Å². The second-order valence-electron chi connectivity index (χ2n) is 8.49. The van der Waals surface area contributed by atoms with Crippen LogP contribution in [0.1, 0.15) is 11.1 Å². The Labute approximate surface area is 214 Å². The van der Waals surface area contributed by atoms with Crippen molar-refractivity contribution in [2.75, 3.05) is 0 Å². The van der Waals surface area contributed by atoms with Gasteiger partial charge in [0.15, 0.2) is 0 Å². The molecule has 0 bridgehead atoms. The highest BCUT2D eigenvalue weighted by atomic mass is 31.2. The fourth-order valence-electron chi connectivity index (χ4n) is 4.58. The molecule has 0 fully saturated rings. The van der Waals surface area contributed by atoms with Crippen LogP contribution in [0.2, 0.25) is 0 Å². The fourth-order valence-corrected chi connectivity index (χ4v) is 8.86. The molecule has 0 amide bonds. The average molecular weight is 479 g/mol. The van der Waals surface area contributed by atoms with E-state index in [0.717, 1.165) is 22.0 Å². The van der Waals surface area contributed by atoms with Gasteiger partial charge in [-0.15, -0.1) is 0 Å². The van der Waals surface area contributed by atoms with Crippen LogP contribution in [0.3, 0.4) is 0 Å². The quantitative estimate of drug-likeness (QED) is 0.190. The molecule has 0 unspecified atom stereocenters. The lowest BCUT2D eigenvalue weighted by Gasteiger charge is -2.32. The Morgan fingerprint density at radius 3 is 1.25 bits per heavy atom. The summed E-state index contributed by atoms with van der Waals surface area (Å²) >= 11 is 0. The molecule has 5 rings (SSSR count). The third-order valence-corrected chi connectivity index (χ3v) is 10.5. The van der Waals surface area contributed by atoms with Crippen molar-refractivity contribution in [1.82, 2.24) is 0 Å². The second-order valence-corrected chi connectivity index (χ2v) is 11.8. The molecule has 5 aromatic carbocycles. The van der Waals surface area contributed by atoms with E-state index in [1.807, 2.05) is 24.3 Å². The van der Waals surface area contributed by atoms with Gasteiger partial charge in [-0.1, -0.05) is 158 Å². The first-order chi connectivity index (χ1) is 17.8. The molecule has 0 aliphatic heterocycles. The van der Waals surface area contributed by atoms with Crippen LogP contribution >= 0.6 is 6.89 Å². The van der Waals surface area contributed by atoms with E-state index >= 15 is 0 Å². The summed E-state index contributed by atoms with van der Waals surface area (Å²) < 4.78 is 0. The van der Waals surface area contributed by atoms with E-state index in [-0.39, 0.29) is 0 Å². The van der Waals surface area contributed by atoms with E-state index in [1.165, 1.54) is 15.9 Å². The minimum Gasteiger partial charge on any atom is -0.0898 e. The predicted octanol–water partition coefficient (Wildman–Crippen LogP) is 6.92. The van der Waals surface area contributed by atoms with Crippen molar-refractivity contribution >= 4 is 33.7 Å². The molecule has 0 aliphatic rings. The highest BCUT2D eigenvalue weighted by Crippen LogP contribution is 2.48. The Morgan fingerprint density at radius 1 is 0.472 bits per heavy atom. The molecule has 5 aromatic rings. The van der Waals surface area contributed by atoms with Crippen LogP contribution in [0.5, 0.6) is 0 Å². The highest BCUT2D eigenvalue weighted by molar-refractivity contribution is 7.96. The molecule has 36 heavy (non-hydrogen) atoms. The minimum absolute atomic E-state index is 0.962. The lowest BCUT2D eigenvalue weighted by Crippen LogP contribution is -2.30. The van der Waals surface area contributed by atoms with Crippen molar-refractivity contribution in [3.05, 3.63) is 169 Å². The number of hydrogen-bond acceptors (Lipinski definition) is 0. The molecule has 0 saturated heterocycles. The van der Waals surface area contributed by atoms with Gasteiger partial charge in [0.2, 0.25) is 0 Å². The predicted molar refractivity (Wildman–Crippen MR) is 159 cm³/mol. The number of benzene rings is 5. The zero-order valence-electron chi connectivity index (χ0n) is 20.1. The van der Waals surface area contributed by atoms with Crippen molar-refractivity contribution < 1.29 is 0 Å². The molecule has 0 radical (unpaired) electrons. The zero-order chi connectivity index (χ0) is 24.6. The fraction of sp³-hybridized carbons (Fsp3) is 0. The molecule has 0 nitrogen and oxygen atoms in total. The van der Waals surface area contributed by atoms with E-state index in [0.29, 0.717) is 0 Å². The zero-order valence-corrected chi connectivity index (χ0v) is 21.0. The molecule has 0 aliphatic carbocycles. The van der Waals surface area contributed by atoms with Crippen LogP contribution in [0, 0.1) is 11.8 Å². The van der Waals surface area contributed by atoms with Crippen molar-refractivity contribution in [2.24, 2.45) is 0 Å². The topological polar surface area (TPSA) is 0 Å². The van der Waals surface area contributed by atoms with Gasteiger partial charge >= 0.3 is 0 Å². The normalized spacial score (nSPS) is 10.7. The highest BCUT2D eigenvalue weighted by Gasteiger charge is 2.30. The first kappa shape index (κ1) is 23.4. The maximum absolute atomic E-state index is 4.67. The van der Waals surface area contributed by atoms with E-state index in [1.54, 1.807) is 0 Å². The molecule has 0 saturated carbocycles. The summed E-state index contributed by atoms with van der Waals surface area (Å²) in [7, 11) is 0. The molecular weight excluding hydrogens is 451 g/mol. The summed E-state index contributed by atoms with van der Waals surface area (Å²) in [4.78, 5) is 0. The monoisotopic (exact) mass is 478 g/mol. The van der Waals surface area contributed by atoms with Gasteiger partial charge in [-0.2, -0.15) is 0 Å². The number of rotatable bonds is 5. The molecule has 0 heterocycles. The van der Waals surface area contributed by atoms with Gasteiger partial charge in [0.25, 0.3) is 0 Å². The summed E-state index contributed by atoms with van der Waals surface area (Å²) in [5.74, 6) is 7.18. The second kappa shape index (κ2) is 11.0. The van der Waals surface area contributed by atoms with Gasteiger partial charge in [-0.25, -0.2) is 0 Å². The maximum Gasteiger partial charge on any atom is 0.0416 e. The van der Waals surface area contributed by atoms with E-state index in [2.05, 4.69) is 146 Å². The van der Waals surface area contributed by atoms with Crippen molar-refractivity contribution in [2.45, 2.75) is 0 Å². The van der Waals surface area contributed by atoms with Crippen LogP contribution in [0.25, 0.3) is 5.57 Å². The van der Waals surface area contributed by atoms with E-state index in [9.17, 15) is 0 Å². The van der Waals surface area contributed by atoms with Crippen molar-refractivity contribution in [1.29, 1.82) is 0 Å². The SMILES string of the molecule is C=C(C(C#Cc1ccccc1)=P(c1ccccc1)(c1ccccc1)c1ccccc1)c1ccccc1. The Morgan fingerprint density at radius 2 is 0.833 bits per heavy atom. The summed E-state index contributed by atoms with van der Waals surface area (Å²) in [6, 6.07) is 53.1. The smallest absolute Gasteiger partial charge is 0.0416 e. The Hall–Kier alpha value is -4.30. The molecule has 0 spiro atoms. The van der Waals surface area contributed by atoms with Gasteiger partial charge in [0.05, 0.1) is 0 Å². The lowest BCUT2D eigenvalue weighted by molar-refractivity contribution is 1.64. The van der Waals surface area contributed by atoms with Crippen LogP contribution in [0.4, 0.5) is 0 Å². The third kappa shape index (κ3) is 4.63. The van der Waals surface area contributed by atoms with Gasteiger partial charge in [0.1, 0.15) is 0 Å². The van der Waals surface area contributed by atoms with E-state index < -0.39 is 6.89 Å². The first-order valence-electron chi connectivity index (χ1n) is 12.1. The summed E-state index contributed by atoms with van der Waals surface area (Å²) in [5, 5.41) is 4.85. The van der Waals surface area contributed by atoms with Gasteiger partial charge in [0, 0.05) is 10.9 Å². The minimum atomic E-state index is -2.38. The summed E-state index contributed by atoms with van der Waals surface area (Å²) in [6.07, 6.45) is 0. The van der Waals surface area contributed by atoms with Gasteiger partial charge < -0.3 is 0 Å². The van der Waals surface area contributed by atoms with Gasteiger partial charge in [-0.05, 0) is 46.1 Å². The van der Waals surface area contributed by atoms with Crippen LogP contribution in [-0.4, -0.2) is 5.29 Å². The standard InChI is InChI=1S/C35H27P/c1-29(31-19-9-3-10-20-31)35(28-27-30-17-7-2-8-18-30)36(32-21-11-4-12-22-32,33-23-13-5-14-24-33)34-25-15-6-16-26-34/h2-26H,1H2. The Kier molecular flexibility index (Phi) is 7.14. The molecule has 0 aromatic heterocycles. The average Bonchev–Trinajstić information content (AvgIpc) is 2.97. The Balaban J connectivity index is 1.99. The summed E-state index contributed by atoms with van der Waals surface area (Å²) in [6.45, 7) is 2.29. The Bertz CT molecular complexity index is 1450. The van der Waals surface area contributed by atoms with Crippen LogP contribution in [-0.2, 0) is 0 Å². The van der Waals surface area contributed by atoms with Gasteiger partial charge in [-0.3, -0.25) is 0 Å². The van der Waals surface area contributed by atoms with Crippen LogP contribution in [0.15, 0.2) is 158 Å². The molecule has 0 N–H and O–H groups in total. The lowest BCUT2D eigenvalue weighted by atomic mass is 10.0. The molecule has 1 heteroatoms. The largest absolute Gasteiger partial charge is 0.0898 e. The van der Waals surface area contributed by atoms with Crippen LogP contribution < -0.4 is 15.9 Å². The molecule has 172 valence electrons. The third-order valence-electron chi connectivity index (χ3n) is 6.27. The first-order valence-corrected chi connectivity index (χ1v) is 13.8. The molecular formula is C35H27P. The summed E-state index contributed by atoms with van der Waals surface area (Å²) in [5.41, 5.74) is 3.04. The maximum atomic E-state index is 4.67. The molecule has 0 atom stereocenters. The number of hydrogen-bond donors (Lipinski definition) is 0. The van der Waals surface area contributed by atoms with Crippen molar-refractivity contribution in [3.8, 4) is 11.8 Å².